The Morgan fingerprint density at radius 2 is 2.09 bits per heavy atom. The quantitative estimate of drug-likeness (QED) is 0.431. The molecule has 1 rings (SSSR count). The normalized spacial score (nSPS) is 26.5. The van der Waals surface area contributed by atoms with E-state index >= 15 is 0 Å². The topological polar surface area (TPSA) is 41.5 Å². The van der Waals surface area contributed by atoms with Gasteiger partial charge in [0.2, 0.25) is 0 Å². The van der Waals surface area contributed by atoms with Crippen LogP contribution in [0.5, 0.6) is 0 Å². The Labute approximate surface area is 83.1 Å². The van der Waals surface area contributed by atoms with Crippen molar-refractivity contribution >= 4 is 33.8 Å². The first kappa shape index (κ1) is 10.0. The molecule has 66 valence electrons. The van der Waals surface area contributed by atoms with Crippen molar-refractivity contribution in [2.45, 2.75) is 11.7 Å². The Balaban J connectivity index is 2.49. The van der Waals surface area contributed by atoms with Crippen LogP contribution >= 0.6 is 22.6 Å². The summed E-state index contributed by atoms with van der Waals surface area (Å²) in [5.41, 5.74) is 0. The van der Waals surface area contributed by atoms with Crippen LogP contribution in [0, 0.1) is 0 Å². The van der Waals surface area contributed by atoms with Crippen LogP contribution in [-0.4, -0.2) is 33.1 Å². The fraction of sp³-hybridized carbons (Fsp3) is 1.00. The van der Waals surface area contributed by atoms with Gasteiger partial charge in [-0.2, -0.15) is 0 Å². The van der Waals surface area contributed by atoms with E-state index < -0.39 is 11.2 Å². The molecule has 1 unspecified atom stereocenters. The number of ether oxygens (including phenoxy) is 2. The predicted molar refractivity (Wildman–Crippen MR) is 52.2 cm³/mol. The molecule has 0 aromatic rings. The van der Waals surface area contributed by atoms with Gasteiger partial charge in [-0.3, -0.25) is 0 Å². The molecule has 0 radical (unpaired) electrons. The molecule has 1 aliphatic rings. The maximum Gasteiger partial charge on any atom is 0.169 e. The zero-order valence-electron chi connectivity index (χ0n) is 6.34. The molecule has 1 saturated heterocycles. The second-order valence-electron chi connectivity index (χ2n) is 2.72. The Morgan fingerprint density at radius 3 is 2.55 bits per heavy atom. The second-order valence-corrected chi connectivity index (χ2v) is 6.48. The molecule has 0 bridgehead atoms. The van der Waals surface area contributed by atoms with E-state index in [1.165, 1.54) is 0 Å². The third-order valence-electron chi connectivity index (χ3n) is 1.63. The summed E-state index contributed by atoms with van der Waals surface area (Å²) in [6.07, 6.45) is 0. The highest BCUT2D eigenvalue weighted by Gasteiger charge is 2.39. The van der Waals surface area contributed by atoms with Crippen molar-refractivity contribution < 1.29 is 14.0 Å². The Kier molecular flexibility index (Phi) is 3.90. The van der Waals surface area contributed by atoms with Crippen molar-refractivity contribution in [1.29, 1.82) is 0 Å². The fourth-order valence-electron chi connectivity index (χ4n) is 0.879. The van der Waals surface area contributed by atoms with Crippen LogP contribution in [0.4, 0.5) is 0 Å². The first-order valence-electron chi connectivity index (χ1n) is 3.29. The molecule has 0 aliphatic carbocycles. The minimum atomic E-state index is -0.842. The van der Waals surface area contributed by atoms with E-state index in [1.54, 1.807) is 0 Å². The van der Waals surface area contributed by atoms with Crippen LogP contribution in [0.3, 0.4) is 0 Å². The summed E-state index contributed by atoms with van der Waals surface area (Å²) < 4.78 is 22.0. The largest absolute Gasteiger partial charge is 0.615 e. The van der Waals surface area contributed by atoms with Gasteiger partial charge in [-0.1, -0.05) is 0 Å². The molecule has 0 aromatic heterocycles. The Bertz CT molecular complexity index is 127. The third kappa shape index (κ3) is 2.45. The molecular formula is C6H11IO3S. The fourth-order valence-corrected chi connectivity index (χ4v) is 3.83. The first-order chi connectivity index (χ1) is 5.19. The number of hydrogen-bond donors (Lipinski definition) is 0. The molecule has 0 saturated carbocycles. The van der Waals surface area contributed by atoms with Crippen molar-refractivity contribution in [3.05, 3.63) is 0 Å². The monoisotopic (exact) mass is 290 g/mol. The molecule has 3 nitrogen and oxygen atoms in total. The highest BCUT2D eigenvalue weighted by molar-refractivity contribution is 14.1. The average Bonchev–Trinajstić information content (AvgIpc) is 2.04. The van der Waals surface area contributed by atoms with E-state index in [-0.39, 0.29) is 4.75 Å². The molecule has 1 atom stereocenters. The highest BCUT2D eigenvalue weighted by atomic mass is 127. The molecule has 5 heteroatoms. The first-order valence-corrected chi connectivity index (χ1v) is 6.13. The Hall–Kier alpha value is 0.960. The predicted octanol–water partition coefficient (Wildman–Crippen LogP) is 0.891. The summed E-state index contributed by atoms with van der Waals surface area (Å²) in [5.74, 6) is 0. The van der Waals surface area contributed by atoms with Crippen LogP contribution in [0.25, 0.3) is 0 Å². The average molecular weight is 290 g/mol. The van der Waals surface area contributed by atoms with Gasteiger partial charge in [0.05, 0.1) is 0 Å². The van der Waals surface area contributed by atoms with Crippen LogP contribution in [-0.2, 0) is 20.6 Å². The van der Waals surface area contributed by atoms with Gasteiger partial charge in [-0.25, -0.2) is 0 Å². The minimum Gasteiger partial charge on any atom is -0.615 e. The zero-order chi connectivity index (χ0) is 8.32. The van der Waals surface area contributed by atoms with Crippen molar-refractivity contribution in [3.63, 3.8) is 0 Å². The SMILES string of the molecule is CC1([S+]([O-])CI)COCOC1. The number of rotatable bonds is 2. The molecule has 0 amide bonds. The van der Waals surface area contributed by atoms with Crippen molar-refractivity contribution in [3.8, 4) is 0 Å². The summed E-state index contributed by atoms with van der Waals surface area (Å²) in [6, 6.07) is 0. The molecule has 11 heavy (non-hydrogen) atoms. The van der Waals surface area contributed by atoms with E-state index in [4.69, 9.17) is 9.47 Å². The van der Waals surface area contributed by atoms with Gasteiger partial charge in [0, 0.05) is 0 Å². The molecule has 0 spiro atoms. The molecule has 1 heterocycles. The van der Waals surface area contributed by atoms with Crippen LogP contribution in [0.15, 0.2) is 0 Å². The maximum absolute atomic E-state index is 11.4. The van der Waals surface area contributed by atoms with E-state index in [0.717, 1.165) is 0 Å². The van der Waals surface area contributed by atoms with Gasteiger partial charge in [0.25, 0.3) is 0 Å². The van der Waals surface area contributed by atoms with E-state index in [1.807, 2.05) is 6.92 Å². The van der Waals surface area contributed by atoms with Crippen molar-refractivity contribution in [1.82, 2.24) is 0 Å². The van der Waals surface area contributed by atoms with Gasteiger partial charge in [-0.05, 0) is 40.7 Å². The summed E-state index contributed by atoms with van der Waals surface area (Å²) >= 11 is 1.27. The lowest BCUT2D eigenvalue weighted by Gasteiger charge is -2.33. The van der Waals surface area contributed by atoms with E-state index in [9.17, 15) is 4.55 Å². The van der Waals surface area contributed by atoms with Gasteiger partial charge < -0.3 is 14.0 Å². The highest BCUT2D eigenvalue weighted by Crippen LogP contribution is 2.23. The van der Waals surface area contributed by atoms with E-state index in [0.29, 0.717) is 23.8 Å². The van der Waals surface area contributed by atoms with Crippen LogP contribution in [0.2, 0.25) is 0 Å². The maximum atomic E-state index is 11.4. The number of halogens is 1. The third-order valence-corrected chi connectivity index (χ3v) is 4.86. The molecule has 1 aliphatic heterocycles. The van der Waals surface area contributed by atoms with E-state index in [2.05, 4.69) is 22.6 Å². The zero-order valence-corrected chi connectivity index (χ0v) is 9.31. The molecule has 1 fully saturated rings. The number of hydrogen-bond acceptors (Lipinski definition) is 3. The van der Waals surface area contributed by atoms with Gasteiger partial charge in [0.15, 0.2) is 8.51 Å². The van der Waals surface area contributed by atoms with Gasteiger partial charge in [-0.15, -0.1) is 0 Å². The lowest BCUT2D eigenvalue weighted by atomic mass is 10.2. The summed E-state index contributed by atoms with van der Waals surface area (Å²) in [4.78, 5) is 0. The second kappa shape index (κ2) is 4.27. The number of alkyl halides is 1. The van der Waals surface area contributed by atoms with Gasteiger partial charge >= 0.3 is 0 Å². The smallest absolute Gasteiger partial charge is 0.169 e. The lowest BCUT2D eigenvalue weighted by Crippen LogP contribution is -2.48. The summed E-state index contributed by atoms with van der Waals surface area (Å²) in [6.45, 7) is 3.36. The lowest BCUT2D eigenvalue weighted by molar-refractivity contribution is -0.113. The molecular weight excluding hydrogens is 279 g/mol. The Morgan fingerprint density at radius 1 is 1.55 bits per heavy atom. The summed E-state index contributed by atoms with van der Waals surface area (Å²) in [5, 5.41) is 0. The van der Waals surface area contributed by atoms with Crippen molar-refractivity contribution in [2.75, 3.05) is 23.8 Å². The van der Waals surface area contributed by atoms with Crippen LogP contribution in [0.1, 0.15) is 6.92 Å². The molecule has 0 aromatic carbocycles. The summed E-state index contributed by atoms with van der Waals surface area (Å²) in [7, 11) is 0. The van der Waals surface area contributed by atoms with Crippen molar-refractivity contribution in [2.24, 2.45) is 0 Å². The van der Waals surface area contributed by atoms with Gasteiger partial charge in [0.1, 0.15) is 20.0 Å². The molecule has 0 N–H and O–H groups in total. The van der Waals surface area contributed by atoms with Crippen LogP contribution < -0.4 is 0 Å². The standard InChI is InChI=1S/C6H11IO3S/c1-6(11(8)4-7)2-9-5-10-3-6/h2-5H2,1H3. The minimum absolute atomic E-state index is 0.292.